The van der Waals surface area contributed by atoms with Gasteiger partial charge < -0.3 is 10.6 Å². The number of halogens is 3. The van der Waals surface area contributed by atoms with E-state index in [-0.39, 0.29) is 18.2 Å². The van der Waals surface area contributed by atoms with Crippen LogP contribution in [0.2, 0.25) is 15.1 Å². The van der Waals surface area contributed by atoms with Crippen molar-refractivity contribution in [3.63, 3.8) is 0 Å². The van der Waals surface area contributed by atoms with Gasteiger partial charge in [0.25, 0.3) is 0 Å². The first-order valence-electron chi connectivity index (χ1n) is 7.16. The van der Waals surface area contributed by atoms with Crippen LogP contribution < -0.4 is 10.6 Å². The van der Waals surface area contributed by atoms with Crippen LogP contribution >= 0.6 is 34.8 Å². The first kappa shape index (κ1) is 18.6. The second-order valence-electron chi connectivity index (χ2n) is 5.14. The van der Waals surface area contributed by atoms with E-state index >= 15 is 0 Å². The van der Waals surface area contributed by atoms with E-state index in [2.05, 4.69) is 10.6 Å². The monoisotopic (exact) mass is 384 g/mol. The molecule has 24 heavy (non-hydrogen) atoms. The Labute approximate surface area is 155 Å². The molecule has 0 heterocycles. The summed E-state index contributed by atoms with van der Waals surface area (Å²) in [5.41, 5.74) is 1.86. The summed E-state index contributed by atoms with van der Waals surface area (Å²) in [6, 6.07) is 10.2. The molecule has 0 atom stereocenters. The van der Waals surface area contributed by atoms with Crippen LogP contribution in [0.3, 0.4) is 0 Å². The molecule has 2 rings (SSSR count). The SMILES string of the molecule is CC(=O)Nc1ccc(NC(=O)CCc2cccc(Cl)c2Cl)cc1Cl. The summed E-state index contributed by atoms with van der Waals surface area (Å²) in [5, 5.41) is 6.64. The van der Waals surface area contributed by atoms with Crippen LogP contribution in [0.4, 0.5) is 11.4 Å². The number of benzene rings is 2. The zero-order valence-corrected chi connectivity index (χ0v) is 15.1. The first-order valence-corrected chi connectivity index (χ1v) is 8.30. The van der Waals surface area contributed by atoms with Crippen LogP contribution in [-0.4, -0.2) is 11.8 Å². The highest BCUT2D eigenvalue weighted by Crippen LogP contribution is 2.27. The van der Waals surface area contributed by atoms with Crippen LogP contribution in [0.5, 0.6) is 0 Å². The van der Waals surface area contributed by atoms with E-state index in [1.54, 1.807) is 30.3 Å². The zero-order valence-electron chi connectivity index (χ0n) is 12.8. The molecule has 0 aliphatic carbocycles. The van der Waals surface area contributed by atoms with Crippen molar-refractivity contribution < 1.29 is 9.59 Å². The first-order chi connectivity index (χ1) is 11.4. The van der Waals surface area contributed by atoms with E-state index in [1.807, 2.05) is 6.07 Å². The molecule has 0 spiro atoms. The number of rotatable bonds is 5. The van der Waals surface area contributed by atoms with Crippen molar-refractivity contribution >= 4 is 58.0 Å². The van der Waals surface area contributed by atoms with Crippen LogP contribution in [0.15, 0.2) is 36.4 Å². The van der Waals surface area contributed by atoms with Gasteiger partial charge in [0, 0.05) is 19.0 Å². The molecule has 7 heteroatoms. The Hall–Kier alpha value is -1.75. The lowest BCUT2D eigenvalue weighted by Gasteiger charge is -2.10. The van der Waals surface area contributed by atoms with E-state index in [9.17, 15) is 9.59 Å². The number of carbonyl (C=O) groups excluding carboxylic acids is 2. The molecule has 2 N–H and O–H groups in total. The molecule has 0 saturated heterocycles. The maximum atomic E-state index is 12.1. The minimum absolute atomic E-state index is 0.172. The molecule has 4 nitrogen and oxygen atoms in total. The molecule has 0 bridgehead atoms. The molecule has 0 aromatic heterocycles. The summed E-state index contributed by atoms with van der Waals surface area (Å²) >= 11 is 18.1. The van der Waals surface area contributed by atoms with Crippen LogP contribution in [0.25, 0.3) is 0 Å². The highest BCUT2D eigenvalue weighted by atomic mass is 35.5. The lowest BCUT2D eigenvalue weighted by atomic mass is 10.1. The molecule has 0 aliphatic rings. The molecule has 0 saturated carbocycles. The predicted molar refractivity (Wildman–Crippen MR) is 99.2 cm³/mol. The average molecular weight is 386 g/mol. The van der Waals surface area contributed by atoms with Crippen molar-refractivity contribution in [3.8, 4) is 0 Å². The van der Waals surface area contributed by atoms with Gasteiger partial charge in [0.2, 0.25) is 11.8 Å². The summed E-state index contributed by atoms with van der Waals surface area (Å²) in [6.07, 6.45) is 0.730. The molecule has 2 aromatic rings. The van der Waals surface area contributed by atoms with Crippen molar-refractivity contribution in [2.24, 2.45) is 0 Å². The van der Waals surface area contributed by atoms with E-state index in [0.717, 1.165) is 5.56 Å². The Balaban J connectivity index is 1.96. The zero-order chi connectivity index (χ0) is 17.7. The molecular weight excluding hydrogens is 371 g/mol. The van der Waals surface area contributed by atoms with Crippen LogP contribution in [-0.2, 0) is 16.0 Å². The second kappa shape index (κ2) is 8.38. The van der Waals surface area contributed by atoms with Crippen LogP contribution in [0, 0.1) is 0 Å². The van der Waals surface area contributed by atoms with Crippen molar-refractivity contribution in [2.45, 2.75) is 19.8 Å². The molecule has 2 aromatic carbocycles. The van der Waals surface area contributed by atoms with Crippen molar-refractivity contribution in [1.29, 1.82) is 0 Å². The Morgan fingerprint density at radius 1 is 1.00 bits per heavy atom. The van der Waals surface area contributed by atoms with E-state index in [4.69, 9.17) is 34.8 Å². The Bertz CT molecular complexity index is 778. The summed E-state index contributed by atoms with van der Waals surface area (Å²) in [5.74, 6) is -0.388. The third-order valence-corrected chi connectivity index (χ3v) is 4.39. The van der Waals surface area contributed by atoms with E-state index in [1.165, 1.54) is 6.92 Å². The minimum atomic E-state index is -0.216. The molecule has 2 amide bonds. The number of amides is 2. The van der Waals surface area contributed by atoms with Gasteiger partial charge in [0.15, 0.2) is 0 Å². The van der Waals surface area contributed by atoms with Crippen molar-refractivity contribution in [2.75, 3.05) is 10.6 Å². The summed E-state index contributed by atoms with van der Waals surface area (Å²) in [4.78, 5) is 23.1. The van der Waals surface area contributed by atoms with E-state index < -0.39 is 0 Å². The molecule has 0 unspecified atom stereocenters. The number of hydrogen-bond acceptors (Lipinski definition) is 2. The van der Waals surface area contributed by atoms with Gasteiger partial charge in [-0.1, -0.05) is 46.9 Å². The predicted octanol–water partition coefficient (Wildman–Crippen LogP) is 5.18. The molecule has 0 fully saturated rings. The maximum Gasteiger partial charge on any atom is 0.224 e. The van der Waals surface area contributed by atoms with Crippen LogP contribution in [0.1, 0.15) is 18.9 Å². The molecular formula is C17H15Cl3N2O2. The van der Waals surface area contributed by atoms with Gasteiger partial charge in [-0.3, -0.25) is 9.59 Å². The van der Waals surface area contributed by atoms with Gasteiger partial charge in [-0.25, -0.2) is 0 Å². The van der Waals surface area contributed by atoms with Gasteiger partial charge in [-0.2, -0.15) is 0 Å². The summed E-state index contributed by atoms with van der Waals surface area (Å²) in [6.45, 7) is 1.40. The Morgan fingerprint density at radius 3 is 2.42 bits per heavy atom. The minimum Gasteiger partial charge on any atom is -0.326 e. The number of carbonyl (C=O) groups is 2. The Kier molecular flexibility index (Phi) is 6.49. The van der Waals surface area contributed by atoms with E-state index in [0.29, 0.717) is 32.9 Å². The largest absolute Gasteiger partial charge is 0.326 e. The summed E-state index contributed by atoms with van der Waals surface area (Å²) < 4.78 is 0. The Morgan fingerprint density at radius 2 is 1.75 bits per heavy atom. The van der Waals surface area contributed by atoms with Gasteiger partial charge >= 0.3 is 0 Å². The second-order valence-corrected chi connectivity index (χ2v) is 6.33. The van der Waals surface area contributed by atoms with Crippen molar-refractivity contribution in [3.05, 3.63) is 57.0 Å². The third kappa shape index (κ3) is 5.13. The number of anilines is 2. The molecule has 0 radical (unpaired) electrons. The summed E-state index contributed by atoms with van der Waals surface area (Å²) in [7, 11) is 0. The normalized spacial score (nSPS) is 10.3. The van der Waals surface area contributed by atoms with Gasteiger partial charge in [-0.05, 0) is 36.2 Å². The fourth-order valence-corrected chi connectivity index (χ4v) is 2.74. The third-order valence-electron chi connectivity index (χ3n) is 3.22. The number of aryl methyl sites for hydroxylation is 1. The topological polar surface area (TPSA) is 58.2 Å². The number of hydrogen-bond donors (Lipinski definition) is 2. The highest BCUT2D eigenvalue weighted by Gasteiger charge is 2.09. The van der Waals surface area contributed by atoms with Crippen molar-refractivity contribution in [1.82, 2.24) is 0 Å². The molecule has 0 aliphatic heterocycles. The standard InChI is InChI=1S/C17H15Cl3N2O2/c1-10(23)21-15-7-6-12(9-14(15)19)22-16(24)8-5-11-3-2-4-13(18)17(11)20/h2-4,6-7,9H,5,8H2,1H3,(H,21,23)(H,22,24). The van der Waals surface area contributed by atoms with Gasteiger partial charge in [-0.15, -0.1) is 0 Å². The maximum absolute atomic E-state index is 12.1. The van der Waals surface area contributed by atoms with Gasteiger partial charge in [0.1, 0.15) is 0 Å². The molecule has 126 valence electrons. The number of nitrogens with one attached hydrogen (secondary N) is 2. The smallest absolute Gasteiger partial charge is 0.224 e. The van der Waals surface area contributed by atoms with Gasteiger partial charge in [0.05, 0.1) is 20.8 Å². The fourth-order valence-electron chi connectivity index (χ4n) is 2.10. The quantitative estimate of drug-likeness (QED) is 0.745. The average Bonchev–Trinajstić information content (AvgIpc) is 2.51. The fraction of sp³-hybridized carbons (Fsp3) is 0.176. The highest BCUT2D eigenvalue weighted by molar-refractivity contribution is 6.42. The lowest BCUT2D eigenvalue weighted by Crippen LogP contribution is -2.13. The lowest BCUT2D eigenvalue weighted by molar-refractivity contribution is -0.116.